The van der Waals surface area contributed by atoms with Gasteiger partial charge in [0.15, 0.2) is 5.82 Å². The molecule has 4 nitrogen and oxygen atoms in total. The van der Waals surface area contributed by atoms with Crippen molar-refractivity contribution in [3.05, 3.63) is 72.3 Å². The molecule has 0 saturated heterocycles. The van der Waals surface area contributed by atoms with Gasteiger partial charge < -0.3 is 4.98 Å². The summed E-state index contributed by atoms with van der Waals surface area (Å²) in [5.41, 5.74) is 2.27. The number of para-hydroxylation sites is 2. The fourth-order valence-electron chi connectivity index (χ4n) is 2.59. The monoisotopic (exact) mass is 273 g/mol. The third kappa shape index (κ3) is 1.80. The van der Waals surface area contributed by atoms with E-state index in [0.717, 1.165) is 21.8 Å². The van der Waals surface area contributed by atoms with Crippen LogP contribution in [-0.2, 0) is 0 Å². The van der Waals surface area contributed by atoms with E-state index in [1.54, 1.807) is 12.4 Å². The number of ketones is 1. The van der Waals surface area contributed by atoms with Gasteiger partial charge in [-0.05, 0) is 12.1 Å². The molecule has 0 aliphatic rings. The number of aromatic nitrogens is 3. The Morgan fingerprint density at radius 2 is 1.52 bits per heavy atom. The number of aromatic amines is 1. The average Bonchev–Trinajstić information content (AvgIpc) is 3.06. The van der Waals surface area contributed by atoms with Gasteiger partial charge in [-0.25, -0.2) is 9.97 Å². The molecule has 0 radical (unpaired) electrons. The van der Waals surface area contributed by atoms with Gasteiger partial charge in [-0.1, -0.05) is 36.4 Å². The zero-order valence-corrected chi connectivity index (χ0v) is 11.1. The van der Waals surface area contributed by atoms with Crippen molar-refractivity contribution in [2.75, 3.05) is 0 Å². The summed E-state index contributed by atoms with van der Waals surface area (Å²) >= 11 is 0. The molecule has 2 aromatic heterocycles. The fourth-order valence-corrected chi connectivity index (χ4v) is 2.59. The number of rotatable bonds is 2. The zero-order valence-electron chi connectivity index (χ0n) is 11.1. The second-order valence-electron chi connectivity index (χ2n) is 4.79. The molecule has 0 atom stereocenters. The molecule has 4 rings (SSSR count). The largest absolute Gasteiger partial charge is 0.342 e. The van der Waals surface area contributed by atoms with Gasteiger partial charge in [0.1, 0.15) is 0 Å². The molecule has 0 spiro atoms. The number of nitrogens with zero attached hydrogens (tertiary/aromatic N) is 2. The summed E-state index contributed by atoms with van der Waals surface area (Å²) < 4.78 is 0. The first kappa shape index (κ1) is 11.8. The van der Waals surface area contributed by atoms with Crippen molar-refractivity contribution in [3.63, 3.8) is 0 Å². The van der Waals surface area contributed by atoms with Crippen molar-refractivity contribution in [2.45, 2.75) is 0 Å². The number of carbonyl (C=O) groups is 1. The van der Waals surface area contributed by atoms with Gasteiger partial charge in [0.05, 0.1) is 11.0 Å². The van der Waals surface area contributed by atoms with Crippen molar-refractivity contribution in [1.29, 1.82) is 0 Å². The summed E-state index contributed by atoms with van der Waals surface area (Å²) in [6, 6.07) is 15.4. The van der Waals surface area contributed by atoms with Gasteiger partial charge in [-0.15, -0.1) is 0 Å². The standard InChI is InChI=1S/C17H11N3O/c21-16(17-18-9-10-19-17)15-11-5-1-3-7-13(11)20-14-8-4-2-6-12(14)15/h1-10H,(H,18,19). The Bertz CT molecular complexity index is 904. The van der Waals surface area contributed by atoms with E-state index in [1.807, 2.05) is 48.5 Å². The smallest absolute Gasteiger partial charge is 0.229 e. The van der Waals surface area contributed by atoms with Gasteiger partial charge in [-0.2, -0.15) is 0 Å². The summed E-state index contributed by atoms with van der Waals surface area (Å²) in [4.78, 5) is 24.4. The topological polar surface area (TPSA) is 58.6 Å². The predicted molar refractivity (Wildman–Crippen MR) is 81.3 cm³/mol. The average molecular weight is 273 g/mol. The summed E-state index contributed by atoms with van der Waals surface area (Å²) in [7, 11) is 0. The van der Waals surface area contributed by atoms with Crippen LogP contribution in [0.1, 0.15) is 16.2 Å². The Kier molecular flexibility index (Phi) is 2.54. The number of benzene rings is 2. The van der Waals surface area contributed by atoms with Gasteiger partial charge in [-0.3, -0.25) is 4.79 Å². The van der Waals surface area contributed by atoms with Crippen LogP contribution in [0.15, 0.2) is 60.9 Å². The molecule has 0 bridgehead atoms. The maximum Gasteiger partial charge on any atom is 0.229 e. The second-order valence-corrected chi connectivity index (χ2v) is 4.79. The summed E-state index contributed by atoms with van der Waals surface area (Å²) in [5, 5.41) is 1.69. The summed E-state index contributed by atoms with van der Waals surface area (Å²) in [6.07, 6.45) is 3.23. The highest BCUT2D eigenvalue weighted by atomic mass is 16.1. The van der Waals surface area contributed by atoms with Crippen LogP contribution in [0.2, 0.25) is 0 Å². The van der Waals surface area contributed by atoms with Gasteiger partial charge >= 0.3 is 0 Å². The van der Waals surface area contributed by atoms with Crippen LogP contribution in [-0.4, -0.2) is 20.7 Å². The summed E-state index contributed by atoms with van der Waals surface area (Å²) in [5.74, 6) is 0.228. The number of pyridine rings is 1. The maximum atomic E-state index is 12.8. The van der Waals surface area contributed by atoms with E-state index in [-0.39, 0.29) is 5.78 Å². The fraction of sp³-hybridized carbons (Fsp3) is 0. The summed E-state index contributed by atoms with van der Waals surface area (Å²) in [6.45, 7) is 0. The molecule has 4 aromatic rings. The van der Waals surface area contributed by atoms with Crippen molar-refractivity contribution in [1.82, 2.24) is 15.0 Å². The lowest BCUT2D eigenvalue weighted by Gasteiger charge is -2.08. The Labute approximate surface area is 120 Å². The van der Waals surface area contributed by atoms with E-state index in [1.165, 1.54) is 0 Å². The highest BCUT2D eigenvalue weighted by Crippen LogP contribution is 2.27. The molecule has 2 heterocycles. The lowest BCUT2D eigenvalue weighted by Crippen LogP contribution is -2.06. The zero-order chi connectivity index (χ0) is 14.2. The molecule has 0 aliphatic heterocycles. The number of carbonyl (C=O) groups excluding carboxylic acids is 1. The number of H-pyrrole nitrogens is 1. The molecule has 4 heteroatoms. The minimum Gasteiger partial charge on any atom is -0.342 e. The molecule has 0 unspecified atom stereocenters. The van der Waals surface area contributed by atoms with E-state index in [4.69, 9.17) is 0 Å². The van der Waals surface area contributed by atoms with Gasteiger partial charge in [0, 0.05) is 28.7 Å². The molecule has 0 amide bonds. The minimum absolute atomic E-state index is 0.116. The minimum atomic E-state index is -0.116. The van der Waals surface area contributed by atoms with E-state index in [2.05, 4.69) is 15.0 Å². The maximum absolute atomic E-state index is 12.8. The van der Waals surface area contributed by atoms with Crippen LogP contribution in [0, 0.1) is 0 Å². The van der Waals surface area contributed by atoms with Crippen LogP contribution >= 0.6 is 0 Å². The lowest BCUT2D eigenvalue weighted by molar-refractivity contribution is 0.103. The molecular weight excluding hydrogens is 262 g/mol. The van der Waals surface area contributed by atoms with Crippen LogP contribution in [0.4, 0.5) is 0 Å². The highest BCUT2D eigenvalue weighted by molar-refractivity contribution is 6.21. The van der Waals surface area contributed by atoms with E-state index >= 15 is 0 Å². The molecule has 0 saturated carbocycles. The predicted octanol–water partition coefficient (Wildman–Crippen LogP) is 3.34. The highest BCUT2D eigenvalue weighted by Gasteiger charge is 2.18. The molecule has 2 aromatic carbocycles. The third-order valence-corrected chi connectivity index (χ3v) is 3.53. The van der Waals surface area contributed by atoms with E-state index in [0.29, 0.717) is 11.4 Å². The van der Waals surface area contributed by atoms with Gasteiger partial charge in [0.2, 0.25) is 5.78 Å². The Morgan fingerprint density at radius 3 is 2.10 bits per heavy atom. The van der Waals surface area contributed by atoms with Crippen molar-refractivity contribution < 1.29 is 4.79 Å². The van der Waals surface area contributed by atoms with E-state index in [9.17, 15) is 4.79 Å². The Morgan fingerprint density at radius 1 is 0.905 bits per heavy atom. The van der Waals surface area contributed by atoms with Crippen molar-refractivity contribution in [2.24, 2.45) is 0 Å². The van der Waals surface area contributed by atoms with Crippen LogP contribution < -0.4 is 0 Å². The molecule has 0 fully saturated rings. The van der Waals surface area contributed by atoms with Crippen molar-refractivity contribution in [3.8, 4) is 0 Å². The first-order valence-electron chi connectivity index (χ1n) is 6.66. The SMILES string of the molecule is O=C(c1ncc[nH]1)c1c2ccccc2nc2ccccc12. The Hall–Kier alpha value is -3.01. The molecule has 21 heavy (non-hydrogen) atoms. The first-order valence-corrected chi connectivity index (χ1v) is 6.66. The third-order valence-electron chi connectivity index (χ3n) is 3.53. The molecule has 100 valence electrons. The number of fused-ring (bicyclic) bond motifs is 2. The number of imidazole rings is 1. The first-order chi connectivity index (χ1) is 10.3. The van der Waals surface area contributed by atoms with Gasteiger partial charge in [0.25, 0.3) is 0 Å². The normalized spacial score (nSPS) is 11.0. The Balaban J connectivity index is 2.14. The van der Waals surface area contributed by atoms with E-state index < -0.39 is 0 Å². The quantitative estimate of drug-likeness (QED) is 0.450. The molecular formula is C17H11N3O. The second kappa shape index (κ2) is 4.52. The lowest BCUT2D eigenvalue weighted by atomic mass is 9.99. The van der Waals surface area contributed by atoms with Crippen LogP contribution in [0.3, 0.4) is 0 Å². The number of hydrogen-bond acceptors (Lipinski definition) is 3. The molecule has 1 N–H and O–H groups in total. The van der Waals surface area contributed by atoms with Crippen LogP contribution in [0.25, 0.3) is 21.8 Å². The van der Waals surface area contributed by atoms with Crippen molar-refractivity contribution >= 4 is 27.6 Å². The number of hydrogen-bond donors (Lipinski definition) is 1. The van der Waals surface area contributed by atoms with Crippen LogP contribution in [0.5, 0.6) is 0 Å². The molecule has 0 aliphatic carbocycles. The number of nitrogens with one attached hydrogen (secondary N) is 1.